The first-order valence-corrected chi connectivity index (χ1v) is 12.2. The molecule has 1 aliphatic heterocycles. The highest BCUT2D eigenvalue weighted by atomic mass is 35.5. The van der Waals surface area contributed by atoms with Crippen molar-refractivity contribution in [1.29, 1.82) is 0 Å². The summed E-state index contributed by atoms with van der Waals surface area (Å²) in [6.07, 6.45) is 3.70. The van der Waals surface area contributed by atoms with Crippen molar-refractivity contribution >= 4 is 40.6 Å². The van der Waals surface area contributed by atoms with Crippen molar-refractivity contribution in [3.63, 3.8) is 0 Å². The van der Waals surface area contributed by atoms with E-state index in [4.69, 9.17) is 11.6 Å². The molecule has 1 atom stereocenters. The van der Waals surface area contributed by atoms with Gasteiger partial charge in [-0.1, -0.05) is 53.3 Å². The van der Waals surface area contributed by atoms with Gasteiger partial charge in [-0.3, -0.25) is 18.8 Å². The quantitative estimate of drug-likeness (QED) is 0.462. The van der Waals surface area contributed by atoms with Gasteiger partial charge in [-0.05, 0) is 49.8 Å². The van der Waals surface area contributed by atoms with E-state index in [-0.39, 0.29) is 11.5 Å². The fourth-order valence-corrected chi connectivity index (χ4v) is 5.36. The number of carbonyl (C=O) groups is 1. The van der Waals surface area contributed by atoms with Crippen LogP contribution >= 0.6 is 22.9 Å². The van der Waals surface area contributed by atoms with E-state index in [1.54, 1.807) is 28.3 Å². The van der Waals surface area contributed by atoms with Crippen LogP contribution in [-0.4, -0.2) is 20.3 Å². The number of carbonyl (C=O) groups excluding carboxylic acids is 1. The van der Waals surface area contributed by atoms with Gasteiger partial charge in [0.2, 0.25) is 0 Å². The maximum absolute atomic E-state index is 13.7. The van der Waals surface area contributed by atoms with E-state index in [0.717, 1.165) is 16.8 Å². The van der Waals surface area contributed by atoms with Crippen molar-refractivity contribution in [3.05, 3.63) is 114 Å². The van der Waals surface area contributed by atoms with Crippen molar-refractivity contribution in [2.24, 2.45) is 12.0 Å². The number of aryl methyl sites for hydroxylation is 2. The van der Waals surface area contributed by atoms with Gasteiger partial charge in [-0.2, -0.15) is 5.10 Å². The van der Waals surface area contributed by atoms with E-state index in [2.05, 4.69) is 15.4 Å². The van der Waals surface area contributed by atoms with Gasteiger partial charge in [-0.25, -0.2) is 4.99 Å². The second-order valence-electron chi connectivity index (χ2n) is 8.30. The lowest BCUT2D eigenvalue weighted by molar-refractivity contribution is -0.113. The molecular weight excluding hydrogens is 482 g/mol. The van der Waals surface area contributed by atoms with Crippen molar-refractivity contribution in [1.82, 2.24) is 14.3 Å². The van der Waals surface area contributed by atoms with Gasteiger partial charge >= 0.3 is 0 Å². The van der Waals surface area contributed by atoms with Crippen LogP contribution in [0.2, 0.25) is 5.02 Å². The highest BCUT2D eigenvalue weighted by Gasteiger charge is 2.32. The molecule has 4 aromatic rings. The van der Waals surface area contributed by atoms with Gasteiger partial charge in [0, 0.05) is 29.5 Å². The van der Waals surface area contributed by atoms with E-state index >= 15 is 0 Å². The average Bonchev–Trinajstić information content (AvgIpc) is 3.31. The number of nitrogens with zero attached hydrogens (tertiary/aromatic N) is 4. The Bertz CT molecular complexity index is 1650. The number of nitrogens with one attached hydrogen (secondary N) is 1. The molecule has 5 rings (SSSR count). The fourth-order valence-electron chi connectivity index (χ4n) is 4.19. The summed E-state index contributed by atoms with van der Waals surface area (Å²) in [5, 5.41) is 7.88. The van der Waals surface area contributed by atoms with Crippen molar-refractivity contribution in [2.45, 2.75) is 19.9 Å². The zero-order valence-electron chi connectivity index (χ0n) is 19.3. The second kappa shape index (κ2) is 9.13. The number of thiazole rings is 1. The molecular formula is C26H22ClN5O2S. The Morgan fingerprint density at radius 1 is 1.11 bits per heavy atom. The first-order chi connectivity index (χ1) is 16.8. The Morgan fingerprint density at radius 2 is 1.83 bits per heavy atom. The van der Waals surface area contributed by atoms with Crippen molar-refractivity contribution in [2.75, 3.05) is 5.32 Å². The third-order valence-corrected chi connectivity index (χ3v) is 7.06. The molecule has 0 fully saturated rings. The molecule has 2 aromatic carbocycles. The van der Waals surface area contributed by atoms with Gasteiger partial charge in [0.1, 0.15) is 0 Å². The van der Waals surface area contributed by atoms with Crippen LogP contribution in [-0.2, 0) is 11.8 Å². The van der Waals surface area contributed by atoms with E-state index < -0.39 is 6.04 Å². The van der Waals surface area contributed by atoms with E-state index in [1.807, 2.05) is 68.7 Å². The van der Waals surface area contributed by atoms with Crippen LogP contribution in [0.4, 0.5) is 5.69 Å². The molecule has 9 heteroatoms. The Hall–Kier alpha value is -3.75. The number of allylic oxidation sites excluding steroid dienone is 1. The minimum Gasteiger partial charge on any atom is -0.322 e. The molecule has 1 aliphatic rings. The van der Waals surface area contributed by atoms with Crippen LogP contribution in [0.25, 0.3) is 6.08 Å². The standard InChI is InChI=1S/C26H22ClN5O2S/c1-15-18(14-31(3)30-15)13-21-25(34)32-23(17-9-11-19(27)12-10-17)22(16(2)28-26(32)35-21)24(33)29-20-7-5-4-6-8-20/h4-14,23H,1-3H3,(H,29,33)/t23-/m0/s1. The normalized spacial score (nSPS) is 15.7. The number of hydrogen-bond acceptors (Lipinski definition) is 5. The lowest BCUT2D eigenvalue weighted by Gasteiger charge is -2.25. The summed E-state index contributed by atoms with van der Waals surface area (Å²) in [5.74, 6) is -0.310. The summed E-state index contributed by atoms with van der Waals surface area (Å²) in [4.78, 5) is 32.4. The molecule has 0 spiro atoms. The number of halogens is 1. The summed E-state index contributed by atoms with van der Waals surface area (Å²) in [6, 6.07) is 15.8. The Labute approximate surface area is 210 Å². The molecule has 0 saturated heterocycles. The number of para-hydroxylation sites is 1. The van der Waals surface area contributed by atoms with Crippen LogP contribution in [0.3, 0.4) is 0 Å². The van der Waals surface area contributed by atoms with E-state index in [1.165, 1.54) is 11.3 Å². The molecule has 0 radical (unpaired) electrons. The number of fused-ring (bicyclic) bond motifs is 1. The zero-order chi connectivity index (χ0) is 24.7. The third-order valence-electron chi connectivity index (χ3n) is 5.82. The summed E-state index contributed by atoms with van der Waals surface area (Å²) in [7, 11) is 1.84. The van der Waals surface area contributed by atoms with Gasteiger partial charge in [0.25, 0.3) is 11.5 Å². The Balaban J connectivity index is 1.69. The van der Waals surface area contributed by atoms with Gasteiger partial charge in [0.05, 0.1) is 27.5 Å². The zero-order valence-corrected chi connectivity index (χ0v) is 20.9. The number of aromatic nitrogens is 3. The first-order valence-electron chi connectivity index (χ1n) is 11.0. The molecule has 176 valence electrons. The summed E-state index contributed by atoms with van der Waals surface area (Å²) in [6.45, 7) is 3.70. The number of anilines is 1. The number of amides is 1. The monoisotopic (exact) mass is 503 g/mol. The molecule has 0 saturated carbocycles. The van der Waals surface area contributed by atoms with Crippen LogP contribution in [0.15, 0.2) is 81.9 Å². The minimum absolute atomic E-state index is 0.213. The lowest BCUT2D eigenvalue weighted by Crippen LogP contribution is -2.40. The van der Waals surface area contributed by atoms with Gasteiger partial charge < -0.3 is 5.32 Å². The number of hydrogen-bond donors (Lipinski definition) is 1. The molecule has 1 N–H and O–H groups in total. The highest BCUT2D eigenvalue weighted by Crippen LogP contribution is 2.31. The highest BCUT2D eigenvalue weighted by molar-refractivity contribution is 7.07. The van der Waals surface area contributed by atoms with E-state index in [0.29, 0.717) is 31.3 Å². The van der Waals surface area contributed by atoms with Gasteiger partial charge in [-0.15, -0.1) is 0 Å². The number of benzene rings is 2. The molecule has 35 heavy (non-hydrogen) atoms. The van der Waals surface area contributed by atoms with Crippen LogP contribution in [0.5, 0.6) is 0 Å². The molecule has 0 unspecified atom stereocenters. The van der Waals surface area contributed by atoms with Gasteiger partial charge in [0.15, 0.2) is 4.80 Å². The Morgan fingerprint density at radius 3 is 2.49 bits per heavy atom. The first kappa shape index (κ1) is 23.0. The smallest absolute Gasteiger partial charge is 0.271 e. The second-order valence-corrected chi connectivity index (χ2v) is 9.74. The predicted molar refractivity (Wildman–Crippen MR) is 138 cm³/mol. The molecule has 2 aromatic heterocycles. The molecule has 3 heterocycles. The summed E-state index contributed by atoms with van der Waals surface area (Å²) >= 11 is 7.44. The molecule has 0 aliphatic carbocycles. The van der Waals surface area contributed by atoms with E-state index in [9.17, 15) is 9.59 Å². The maximum Gasteiger partial charge on any atom is 0.271 e. The Kier molecular flexibility index (Phi) is 6.00. The van der Waals surface area contributed by atoms with Crippen molar-refractivity contribution in [3.8, 4) is 0 Å². The van der Waals surface area contributed by atoms with Crippen LogP contribution in [0, 0.1) is 6.92 Å². The van der Waals surface area contributed by atoms with Crippen LogP contribution < -0.4 is 20.2 Å². The van der Waals surface area contributed by atoms with Crippen molar-refractivity contribution < 1.29 is 4.79 Å². The maximum atomic E-state index is 13.7. The minimum atomic E-state index is -0.649. The predicted octanol–water partition coefficient (Wildman–Crippen LogP) is 3.57. The summed E-state index contributed by atoms with van der Waals surface area (Å²) < 4.78 is 3.83. The molecule has 7 nitrogen and oxygen atoms in total. The number of rotatable bonds is 4. The third kappa shape index (κ3) is 4.38. The fraction of sp³-hybridized carbons (Fsp3) is 0.154. The van der Waals surface area contributed by atoms with Crippen LogP contribution in [0.1, 0.15) is 29.8 Å². The summed E-state index contributed by atoms with van der Waals surface area (Å²) in [5.41, 5.74) is 3.88. The molecule has 0 bridgehead atoms. The molecule has 1 amide bonds. The largest absolute Gasteiger partial charge is 0.322 e. The topological polar surface area (TPSA) is 81.3 Å². The lowest BCUT2D eigenvalue weighted by atomic mass is 9.95. The SMILES string of the molecule is CC1=C(C(=O)Nc2ccccc2)[C@H](c2ccc(Cl)cc2)n2c(sc(=Cc3cn(C)nc3C)c2=O)=N1. The average molecular weight is 504 g/mol.